The van der Waals surface area contributed by atoms with Crippen LogP contribution < -0.4 is 9.47 Å². The number of hydrogen-bond acceptors (Lipinski definition) is 15. The summed E-state index contributed by atoms with van der Waals surface area (Å²) in [6.45, 7) is -1.26. The van der Waals surface area contributed by atoms with E-state index in [0.717, 1.165) is 12.1 Å². The van der Waals surface area contributed by atoms with Gasteiger partial charge >= 0.3 is 6.16 Å². The fraction of sp³-hybridized carbons (Fsp3) is 0.242. The smallest absolute Gasteiger partial charge is 0.508 e. The summed E-state index contributed by atoms with van der Waals surface area (Å²) in [6, 6.07) is 12.9. The van der Waals surface area contributed by atoms with Crippen molar-refractivity contribution in [2.45, 2.75) is 37.3 Å². The maximum Gasteiger partial charge on any atom is 0.512 e. The summed E-state index contributed by atoms with van der Waals surface area (Å²) in [7, 11) is 0. The first-order valence-corrected chi connectivity index (χ1v) is 14.5. The van der Waals surface area contributed by atoms with Crippen molar-refractivity contribution in [1.82, 2.24) is 0 Å². The minimum absolute atomic E-state index is 0.0528. The summed E-state index contributed by atoms with van der Waals surface area (Å²) in [5.74, 6) is -2.17. The van der Waals surface area contributed by atoms with Crippen molar-refractivity contribution in [3.05, 3.63) is 82.9 Å². The SMILES string of the molecule is O=C(OCO[C@@H]1Cc2c(O)cc(O)cc2O[C@@H]1c1ccc(O)c(O)c1)OCO[C@@H]1Cc2c(O)cc(O)cc2O[C@@H]1c1ccc(O)c(O)c1. The topological polar surface area (TPSA) is 234 Å². The number of benzene rings is 4. The summed E-state index contributed by atoms with van der Waals surface area (Å²) in [4.78, 5) is 12.4. The molecule has 6 rings (SSSR count). The molecule has 0 bridgehead atoms. The zero-order valence-electron chi connectivity index (χ0n) is 24.8. The fourth-order valence-electron chi connectivity index (χ4n) is 5.57. The summed E-state index contributed by atoms with van der Waals surface area (Å²) in [5, 5.41) is 80.1. The van der Waals surface area contributed by atoms with Gasteiger partial charge in [-0.05, 0) is 35.4 Å². The zero-order chi connectivity index (χ0) is 34.1. The quantitative estimate of drug-likeness (QED) is 0.0747. The second-order valence-corrected chi connectivity index (χ2v) is 11.0. The van der Waals surface area contributed by atoms with Crippen LogP contribution in [0.5, 0.6) is 57.5 Å². The van der Waals surface area contributed by atoms with E-state index >= 15 is 0 Å². The number of carbonyl (C=O) groups excluding carboxylic acids is 1. The van der Waals surface area contributed by atoms with Crippen molar-refractivity contribution in [1.29, 1.82) is 0 Å². The highest BCUT2D eigenvalue weighted by Gasteiger charge is 2.36. The second kappa shape index (κ2) is 13.1. The summed E-state index contributed by atoms with van der Waals surface area (Å²) in [5.41, 5.74) is 1.41. The molecule has 2 aliphatic heterocycles. The minimum Gasteiger partial charge on any atom is -0.508 e. The Morgan fingerprint density at radius 2 is 0.979 bits per heavy atom. The van der Waals surface area contributed by atoms with Gasteiger partial charge in [-0.15, -0.1) is 0 Å². The van der Waals surface area contributed by atoms with Crippen LogP contribution in [0.25, 0.3) is 0 Å². The lowest BCUT2D eigenvalue weighted by Crippen LogP contribution is -2.34. The average Bonchev–Trinajstić information content (AvgIpc) is 3.03. The summed E-state index contributed by atoms with van der Waals surface area (Å²) >= 11 is 0. The Bertz CT molecular complexity index is 1710. The highest BCUT2D eigenvalue weighted by molar-refractivity contribution is 5.59. The largest absolute Gasteiger partial charge is 0.512 e. The predicted molar refractivity (Wildman–Crippen MR) is 160 cm³/mol. The Kier molecular flexibility index (Phi) is 8.71. The number of rotatable bonds is 8. The normalized spacial score (nSPS) is 19.7. The predicted octanol–water partition coefficient (Wildman–Crippen LogP) is 4.22. The molecule has 0 amide bonds. The number of aromatic hydroxyl groups is 8. The second-order valence-electron chi connectivity index (χ2n) is 11.0. The molecule has 0 saturated heterocycles. The monoisotopic (exact) mass is 666 g/mol. The highest BCUT2D eigenvalue weighted by atomic mass is 16.8. The number of fused-ring (bicyclic) bond motifs is 2. The van der Waals surface area contributed by atoms with E-state index in [2.05, 4.69) is 0 Å². The van der Waals surface area contributed by atoms with E-state index in [-0.39, 0.29) is 58.8 Å². The van der Waals surface area contributed by atoms with Crippen molar-refractivity contribution in [2.24, 2.45) is 0 Å². The third-order valence-electron chi connectivity index (χ3n) is 7.91. The molecule has 15 nitrogen and oxygen atoms in total. The Morgan fingerprint density at radius 1 is 0.562 bits per heavy atom. The molecule has 4 atom stereocenters. The van der Waals surface area contributed by atoms with Crippen LogP contribution in [0.2, 0.25) is 0 Å². The molecule has 15 heteroatoms. The lowest BCUT2D eigenvalue weighted by atomic mass is 9.93. The molecule has 0 saturated carbocycles. The van der Waals surface area contributed by atoms with E-state index in [9.17, 15) is 45.6 Å². The molecule has 4 aromatic rings. The van der Waals surface area contributed by atoms with Crippen molar-refractivity contribution in [3.63, 3.8) is 0 Å². The van der Waals surface area contributed by atoms with E-state index in [1.165, 1.54) is 48.5 Å². The van der Waals surface area contributed by atoms with Gasteiger partial charge in [0.1, 0.15) is 46.7 Å². The Balaban J connectivity index is 1.09. The molecule has 252 valence electrons. The zero-order valence-corrected chi connectivity index (χ0v) is 24.8. The van der Waals surface area contributed by atoms with E-state index < -0.39 is 55.7 Å². The Hall–Kier alpha value is -5.93. The van der Waals surface area contributed by atoms with Crippen molar-refractivity contribution in [2.75, 3.05) is 13.6 Å². The van der Waals surface area contributed by atoms with Crippen LogP contribution >= 0.6 is 0 Å². The van der Waals surface area contributed by atoms with Crippen molar-refractivity contribution in [3.8, 4) is 57.5 Å². The summed E-state index contributed by atoms with van der Waals surface area (Å²) < 4.78 is 33.6. The van der Waals surface area contributed by atoms with Crippen LogP contribution in [-0.4, -0.2) is 72.8 Å². The van der Waals surface area contributed by atoms with Crippen LogP contribution in [0, 0.1) is 0 Å². The molecule has 0 aliphatic carbocycles. The van der Waals surface area contributed by atoms with Gasteiger partial charge in [-0.2, -0.15) is 0 Å². The van der Waals surface area contributed by atoms with Crippen LogP contribution in [0.3, 0.4) is 0 Å². The Labute approximate surface area is 271 Å². The van der Waals surface area contributed by atoms with Crippen LogP contribution in [0.1, 0.15) is 34.5 Å². The first-order valence-electron chi connectivity index (χ1n) is 14.5. The van der Waals surface area contributed by atoms with E-state index in [1.807, 2.05) is 0 Å². The molecule has 2 heterocycles. The molecule has 0 unspecified atom stereocenters. The average molecular weight is 667 g/mol. The van der Waals surface area contributed by atoms with Crippen LogP contribution in [0.4, 0.5) is 4.79 Å². The molecule has 2 aliphatic rings. The number of ether oxygens (including phenoxy) is 6. The van der Waals surface area contributed by atoms with Gasteiger partial charge in [-0.3, -0.25) is 0 Å². The molecule has 48 heavy (non-hydrogen) atoms. The fourth-order valence-corrected chi connectivity index (χ4v) is 5.57. The number of phenols is 8. The number of hydrogen-bond donors (Lipinski definition) is 8. The van der Waals surface area contributed by atoms with Crippen molar-refractivity contribution < 1.29 is 74.1 Å². The number of carbonyl (C=O) groups is 1. The van der Waals surface area contributed by atoms with Crippen LogP contribution in [-0.2, 0) is 31.8 Å². The van der Waals surface area contributed by atoms with Gasteiger partial charge in [0.05, 0.1) is 0 Å². The maximum atomic E-state index is 12.4. The number of phenolic OH excluding ortho intramolecular Hbond substituents is 8. The lowest BCUT2D eigenvalue weighted by Gasteiger charge is -2.34. The maximum absolute atomic E-state index is 12.4. The molecular weight excluding hydrogens is 636 g/mol. The molecule has 4 aromatic carbocycles. The first-order chi connectivity index (χ1) is 23.0. The van der Waals surface area contributed by atoms with Gasteiger partial charge in [0.15, 0.2) is 48.8 Å². The third-order valence-corrected chi connectivity index (χ3v) is 7.91. The minimum atomic E-state index is -1.18. The van der Waals surface area contributed by atoms with Gasteiger partial charge in [-0.1, -0.05) is 12.1 Å². The first kappa shape index (κ1) is 32.0. The standard InChI is InChI=1S/C33H30O15/c34-17-7-23(38)19-11-29(31(47-27(19)9-17)15-1-3-21(36)25(40)5-15)43-13-45-33(42)46-14-44-30-12-20-24(39)8-18(35)10-28(20)48-32(30)16-2-4-22(37)26(41)6-16/h1-10,29-32,34-41H,11-14H2/t29-,30-,31-,32-/m1/s1. The third kappa shape index (κ3) is 6.63. The van der Waals surface area contributed by atoms with Crippen molar-refractivity contribution >= 4 is 6.16 Å². The molecular formula is C33H30O15. The van der Waals surface area contributed by atoms with Gasteiger partial charge in [-0.25, -0.2) is 4.79 Å². The van der Waals surface area contributed by atoms with Gasteiger partial charge < -0.3 is 69.3 Å². The highest BCUT2D eigenvalue weighted by Crippen LogP contribution is 2.45. The molecule has 8 N–H and O–H groups in total. The van der Waals surface area contributed by atoms with E-state index in [1.54, 1.807) is 0 Å². The van der Waals surface area contributed by atoms with Crippen LogP contribution in [0.15, 0.2) is 60.7 Å². The lowest BCUT2D eigenvalue weighted by molar-refractivity contribution is -0.139. The summed E-state index contributed by atoms with van der Waals surface area (Å²) in [6.07, 6.45) is -4.67. The molecule has 0 spiro atoms. The van der Waals surface area contributed by atoms with E-state index in [4.69, 9.17) is 28.4 Å². The molecule has 0 aromatic heterocycles. The Morgan fingerprint density at radius 3 is 1.38 bits per heavy atom. The van der Waals surface area contributed by atoms with Gasteiger partial charge in [0, 0.05) is 48.2 Å². The molecule has 0 fully saturated rings. The van der Waals surface area contributed by atoms with Gasteiger partial charge in [0.2, 0.25) is 0 Å². The molecule has 0 radical (unpaired) electrons. The van der Waals surface area contributed by atoms with E-state index in [0.29, 0.717) is 22.3 Å². The van der Waals surface area contributed by atoms with Gasteiger partial charge in [0.25, 0.3) is 0 Å².